The lowest BCUT2D eigenvalue weighted by molar-refractivity contribution is -0.138. The molecule has 1 aromatic rings. The summed E-state index contributed by atoms with van der Waals surface area (Å²) in [5.41, 5.74) is 3.30. The highest BCUT2D eigenvalue weighted by molar-refractivity contribution is 8.18. The SMILES string of the molecule is Cc1cc(/C=C2\SC(=O)N(CC(=O)N3CCCC[C@H]3C)C2=O)ccc1N1CCCC1. The highest BCUT2D eigenvalue weighted by Crippen LogP contribution is 2.33. The molecule has 0 saturated carbocycles. The number of amides is 3. The lowest BCUT2D eigenvalue weighted by atomic mass is 10.0. The molecular weight excluding hydrogens is 398 g/mol. The van der Waals surface area contributed by atoms with Crippen molar-refractivity contribution in [3.05, 3.63) is 34.2 Å². The third-order valence-corrected chi connectivity index (χ3v) is 7.16. The van der Waals surface area contributed by atoms with Gasteiger partial charge in [0.25, 0.3) is 11.1 Å². The Morgan fingerprint density at radius 2 is 1.87 bits per heavy atom. The van der Waals surface area contributed by atoms with Gasteiger partial charge in [0.05, 0.1) is 4.91 Å². The Labute approximate surface area is 182 Å². The van der Waals surface area contributed by atoms with Gasteiger partial charge in [-0.1, -0.05) is 6.07 Å². The number of piperidine rings is 1. The Hall–Kier alpha value is -2.28. The molecule has 0 radical (unpaired) electrons. The maximum atomic E-state index is 12.8. The minimum atomic E-state index is -0.371. The van der Waals surface area contributed by atoms with E-state index < -0.39 is 0 Å². The van der Waals surface area contributed by atoms with Gasteiger partial charge in [-0.3, -0.25) is 19.3 Å². The van der Waals surface area contributed by atoms with Gasteiger partial charge in [-0.25, -0.2) is 0 Å². The van der Waals surface area contributed by atoms with E-state index in [1.165, 1.54) is 24.1 Å². The van der Waals surface area contributed by atoms with Crippen molar-refractivity contribution >= 4 is 40.6 Å². The first kappa shape index (κ1) is 21.0. The second-order valence-electron chi connectivity index (χ2n) is 8.44. The largest absolute Gasteiger partial charge is 0.371 e. The maximum Gasteiger partial charge on any atom is 0.294 e. The average Bonchev–Trinajstić information content (AvgIpc) is 3.33. The molecule has 3 heterocycles. The van der Waals surface area contributed by atoms with Crippen LogP contribution in [0.4, 0.5) is 10.5 Å². The predicted octanol–water partition coefficient (Wildman–Crippen LogP) is 4.03. The molecule has 1 atom stereocenters. The van der Waals surface area contributed by atoms with Crippen LogP contribution < -0.4 is 4.90 Å². The topological polar surface area (TPSA) is 60.9 Å². The van der Waals surface area contributed by atoms with Crippen LogP contribution >= 0.6 is 11.8 Å². The van der Waals surface area contributed by atoms with E-state index in [4.69, 9.17) is 0 Å². The quantitative estimate of drug-likeness (QED) is 0.679. The van der Waals surface area contributed by atoms with Gasteiger partial charge >= 0.3 is 0 Å². The normalized spacial score (nSPS) is 23.7. The molecule has 0 aromatic heterocycles. The van der Waals surface area contributed by atoms with Crippen LogP contribution in [0.2, 0.25) is 0 Å². The first-order chi connectivity index (χ1) is 14.4. The molecule has 6 nitrogen and oxygen atoms in total. The van der Waals surface area contributed by atoms with Crippen LogP contribution in [0.15, 0.2) is 23.1 Å². The monoisotopic (exact) mass is 427 g/mol. The molecule has 0 spiro atoms. The number of hydrogen-bond acceptors (Lipinski definition) is 5. The Kier molecular flexibility index (Phi) is 6.18. The van der Waals surface area contributed by atoms with Crippen molar-refractivity contribution in [1.29, 1.82) is 0 Å². The van der Waals surface area contributed by atoms with Crippen molar-refractivity contribution in [3.63, 3.8) is 0 Å². The molecule has 3 aliphatic heterocycles. The summed E-state index contributed by atoms with van der Waals surface area (Å²) in [6.45, 7) is 6.81. The van der Waals surface area contributed by atoms with E-state index in [1.54, 1.807) is 11.0 Å². The van der Waals surface area contributed by atoms with Crippen molar-refractivity contribution in [2.45, 2.75) is 52.0 Å². The van der Waals surface area contributed by atoms with Crippen LogP contribution in [-0.2, 0) is 9.59 Å². The molecule has 1 aromatic carbocycles. The number of anilines is 1. The van der Waals surface area contributed by atoms with Gasteiger partial charge < -0.3 is 9.80 Å². The number of likely N-dealkylation sites (tertiary alicyclic amines) is 1. The van der Waals surface area contributed by atoms with Gasteiger partial charge in [0.15, 0.2) is 0 Å². The average molecular weight is 428 g/mol. The molecule has 0 aliphatic carbocycles. The number of nitrogens with zero attached hydrogens (tertiary/aromatic N) is 3. The van der Waals surface area contributed by atoms with E-state index >= 15 is 0 Å². The molecule has 0 bridgehead atoms. The summed E-state index contributed by atoms with van der Waals surface area (Å²) < 4.78 is 0. The smallest absolute Gasteiger partial charge is 0.294 e. The van der Waals surface area contributed by atoms with E-state index in [2.05, 4.69) is 24.0 Å². The molecule has 160 valence electrons. The van der Waals surface area contributed by atoms with Crippen LogP contribution in [0, 0.1) is 6.92 Å². The number of imide groups is 1. The summed E-state index contributed by atoms with van der Waals surface area (Å²) in [5, 5.41) is -0.366. The molecule has 7 heteroatoms. The summed E-state index contributed by atoms with van der Waals surface area (Å²) in [7, 11) is 0. The van der Waals surface area contributed by atoms with Crippen LogP contribution in [0.25, 0.3) is 6.08 Å². The predicted molar refractivity (Wildman–Crippen MR) is 120 cm³/mol. The lowest BCUT2D eigenvalue weighted by Crippen LogP contribution is -2.47. The standard InChI is InChI=1S/C23H29N3O3S/c1-16-13-18(8-9-19(16)24-10-5-6-11-24)14-20-22(28)26(23(29)30-20)15-21(27)25-12-4-3-7-17(25)2/h8-9,13-14,17H,3-7,10-12,15H2,1-2H3/b20-14-/t17-/m1/s1. The molecule has 3 fully saturated rings. The lowest BCUT2D eigenvalue weighted by Gasteiger charge is -2.34. The highest BCUT2D eigenvalue weighted by atomic mass is 32.2. The minimum Gasteiger partial charge on any atom is -0.371 e. The molecule has 4 rings (SSSR count). The number of thioether (sulfide) groups is 1. The van der Waals surface area contributed by atoms with E-state index in [0.717, 1.165) is 54.6 Å². The third-order valence-electron chi connectivity index (χ3n) is 6.26. The Balaban J connectivity index is 1.46. The zero-order chi connectivity index (χ0) is 21.3. The molecule has 30 heavy (non-hydrogen) atoms. The number of hydrogen-bond donors (Lipinski definition) is 0. The molecular formula is C23H29N3O3S. The minimum absolute atomic E-state index is 0.142. The van der Waals surface area contributed by atoms with Crippen molar-refractivity contribution in [2.24, 2.45) is 0 Å². The molecule has 3 amide bonds. The van der Waals surface area contributed by atoms with Crippen molar-refractivity contribution in [1.82, 2.24) is 9.80 Å². The van der Waals surface area contributed by atoms with Gasteiger partial charge in [-0.15, -0.1) is 0 Å². The summed E-state index contributed by atoms with van der Waals surface area (Å²) in [4.78, 5) is 43.6. The number of carbonyl (C=O) groups is 3. The summed E-state index contributed by atoms with van der Waals surface area (Å²) in [6.07, 6.45) is 7.28. The van der Waals surface area contributed by atoms with Crippen LogP contribution in [0.3, 0.4) is 0 Å². The summed E-state index contributed by atoms with van der Waals surface area (Å²) >= 11 is 0.919. The second-order valence-corrected chi connectivity index (χ2v) is 9.43. The Morgan fingerprint density at radius 1 is 1.13 bits per heavy atom. The molecule has 3 saturated heterocycles. The van der Waals surface area contributed by atoms with Gasteiger partial charge in [0.2, 0.25) is 5.91 Å². The van der Waals surface area contributed by atoms with Gasteiger partial charge in [0, 0.05) is 31.4 Å². The maximum absolute atomic E-state index is 12.8. The van der Waals surface area contributed by atoms with E-state index in [0.29, 0.717) is 11.4 Å². The van der Waals surface area contributed by atoms with E-state index in [9.17, 15) is 14.4 Å². The molecule has 3 aliphatic rings. The number of carbonyl (C=O) groups excluding carboxylic acids is 3. The highest BCUT2D eigenvalue weighted by Gasteiger charge is 2.38. The fraction of sp³-hybridized carbons (Fsp3) is 0.522. The van der Waals surface area contributed by atoms with Crippen LogP contribution in [0.1, 0.15) is 50.2 Å². The zero-order valence-corrected chi connectivity index (χ0v) is 18.5. The van der Waals surface area contributed by atoms with Crippen LogP contribution in [-0.4, -0.2) is 59.1 Å². The van der Waals surface area contributed by atoms with Crippen LogP contribution in [0.5, 0.6) is 0 Å². The first-order valence-corrected chi connectivity index (χ1v) is 11.7. The van der Waals surface area contributed by atoms with Crippen molar-refractivity contribution in [2.75, 3.05) is 31.1 Å². The zero-order valence-electron chi connectivity index (χ0n) is 17.7. The van der Waals surface area contributed by atoms with E-state index in [-0.39, 0.29) is 29.6 Å². The molecule has 0 N–H and O–H groups in total. The van der Waals surface area contributed by atoms with E-state index in [1.807, 2.05) is 13.0 Å². The molecule has 0 unspecified atom stereocenters. The van der Waals surface area contributed by atoms with Gasteiger partial charge in [-0.05, 0) is 87.0 Å². The Morgan fingerprint density at radius 3 is 2.57 bits per heavy atom. The van der Waals surface area contributed by atoms with Crippen molar-refractivity contribution in [3.8, 4) is 0 Å². The summed E-state index contributed by atoms with van der Waals surface area (Å²) in [5.74, 6) is -0.513. The fourth-order valence-corrected chi connectivity index (χ4v) is 5.40. The van der Waals surface area contributed by atoms with Crippen molar-refractivity contribution < 1.29 is 14.4 Å². The number of rotatable bonds is 4. The Bertz CT molecular complexity index is 892. The third kappa shape index (κ3) is 4.26. The second kappa shape index (κ2) is 8.84. The van der Waals surface area contributed by atoms with Gasteiger partial charge in [0.1, 0.15) is 6.54 Å². The van der Waals surface area contributed by atoms with Gasteiger partial charge in [-0.2, -0.15) is 0 Å². The fourth-order valence-electron chi connectivity index (χ4n) is 4.56. The summed E-state index contributed by atoms with van der Waals surface area (Å²) in [6, 6.07) is 6.31. The number of aryl methyl sites for hydroxylation is 1. The number of benzene rings is 1. The first-order valence-electron chi connectivity index (χ1n) is 10.8.